The molecule has 0 bridgehead atoms. The first kappa shape index (κ1) is 13.0. The monoisotopic (exact) mass is 283 g/mol. The summed E-state index contributed by atoms with van der Waals surface area (Å²) in [6.07, 6.45) is 2.13. The van der Waals surface area contributed by atoms with Crippen LogP contribution in [0.25, 0.3) is 0 Å². The van der Waals surface area contributed by atoms with Crippen LogP contribution in [0, 0.1) is 0 Å². The van der Waals surface area contributed by atoms with Crippen molar-refractivity contribution in [2.75, 3.05) is 39.6 Å². The van der Waals surface area contributed by atoms with Crippen LogP contribution in [0.5, 0.6) is 11.5 Å². The standard InChI is InChI=1S/C14H18ClNO3/c15-12-8-11(9-13-14(12)19-10-18-13)2-1-3-16-4-6-17-7-5-16/h8-9H,1-7,10H2. The molecule has 0 spiro atoms. The third-order valence-electron chi connectivity index (χ3n) is 3.53. The Morgan fingerprint density at radius 1 is 1.16 bits per heavy atom. The van der Waals surface area contributed by atoms with Crippen molar-refractivity contribution in [2.24, 2.45) is 0 Å². The molecule has 2 aliphatic heterocycles. The lowest BCUT2D eigenvalue weighted by molar-refractivity contribution is 0.0375. The van der Waals surface area contributed by atoms with Crippen LogP contribution >= 0.6 is 11.6 Å². The smallest absolute Gasteiger partial charge is 0.231 e. The number of aryl methyl sites for hydroxylation is 1. The Balaban J connectivity index is 1.54. The van der Waals surface area contributed by atoms with E-state index in [1.807, 2.05) is 12.1 Å². The van der Waals surface area contributed by atoms with Crippen molar-refractivity contribution in [2.45, 2.75) is 12.8 Å². The zero-order chi connectivity index (χ0) is 13.1. The van der Waals surface area contributed by atoms with Gasteiger partial charge in [0.2, 0.25) is 6.79 Å². The van der Waals surface area contributed by atoms with Gasteiger partial charge in [-0.25, -0.2) is 0 Å². The van der Waals surface area contributed by atoms with Gasteiger partial charge in [0.1, 0.15) is 0 Å². The molecule has 2 aliphatic rings. The van der Waals surface area contributed by atoms with Gasteiger partial charge in [-0.1, -0.05) is 11.6 Å². The van der Waals surface area contributed by atoms with Gasteiger partial charge < -0.3 is 14.2 Å². The van der Waals surface area contributed by atoms with E-state index in [-0.39, 0.29) is 6.79 Å². The van der Waals surface area contributed by atoms with Gasteiger partial charge in [-0.2, -0.15) is 0 Å². The maximum absolute atomic E-state index is 6.17. The Morgan fingerprint density at radius 2 is 2.00 bits per heavy atom. The molecule has 3 rings (SSSR count). The lowest BCUT2D eigenvalue weighted by Gasteiger charge is -2.26. The fourth-order valence-electron chi connectivity index (χ4n) is 2.50. The van der Waals surface area contributed by atoms with Crippen LogP contribution in [0.1, 0.15) is 12.0 Å². The van der Waals surface area contributed by atoms with Crippen molar-refractivity contribution < 1.29 is 14.2 Å². The number of ether oxygens (including phenoxy) is 3. The fourth-order valence-corrected chi connectivity index (χ4v) is 2.78. The van der Waals surface area contributed by atoms with Gasteiger partial charge in [0.15, 0.2) is 11.5 Å². The van der Waals surface area contributed by atoms with Gasteiger partial charge in [-0.3, -0.25) is 4.90 Å². The summed E-state index contributed by atoms with van der Waals surface area (Å²) in [6.45, 7) is 5.18. The van der Waals surface area contributed by atoms with Crippen molar-refractivity contribution in [3.8, 4) is 11.5 Å². The first-order chi connectivity index (χ1) is 9.33. The molecule has 104 valence electrons. The Labute approximate surface area is 118 Å². The molecule has 0 N–H and O–H groups in total. The Kier molecular flexibility index (Phi) is 4.11. The van der Waals surface area contributed by atoms with Gasteiger partial charge in [0.25, 0.3) is 0 Å². The highest BCUT2D eigenvalue weighted by Gasteiger charge is 2.18. The average Bonchev–Trinajstić information content (AvgIpc) is 2.89. The minimum Gasteiger partial charge on any atom is -0.454 e. The van der Waals surface area contributed by atoms with Gasteiger partial charge in [-0.15, -0.1) is 0 Å². The van der Waals surface area contributed by atoms with Crippen LogP contribution in [0.15, 0.2) is 12.1 Å². The van der Waals surface area contributed by atoms with E-state index < -0.39 is 0 Å². The number of nitrogens with zero attached hydrogens (tertiary/aromatic N) is 1. The number of rotatable bonds is 4. The van der Waals surface area contributed by atoms with Crippen LogP contribution < -0.4 is 9.47 Å². The van der Waals surface area contributed by atoms with E-state index in [0.717, 1.165) is 51.4 Å². The van der Waals surface area contributed by atoms with E-state index in [0.29, 0.717) is 10.8 Å². The molecule has 1 aromatic rings. The van der Waals surface area contributed by atoms with Gasteiger partial charge in [-0.05, 0) is 37.1 Å². The molecular weight excluding hydrogens is 266 g/mol. The maximum atomic E-state index is 6.17. The first-order valence-electron chi connectivity index (χ1n) is 6.71. The summed E-state index contributed by atoms with van der Waals surface area (Å²) >= 11 is 6.17. The van der Waals surface area contributed by atoms with Gasteiger partial charge in [0, 0.05) is 13.1 Å². The Bertz CT molecular complexity index is 447. The van der Waals surface area contributed by atoms with Crippen molar-refractivity contribution in [1.82, 2.24) is 4.90 Å². The summed E-state index contributed by atoms with van der Waals surface area (Å²) in [7, 11) is 0. The third-order valence-corrected chi connectivity index (χ3v) is 3.81. The molecule has 1 fully saturated rings. The van der Waals surface area contributed by atoms with E-state index in [4.69, 9.17) is 25.8 Å². The predicted octanol–water partition coefficient (Wildman–Crippen LogP) is 2.33. The molecule has 19 heavy (non-hydrogen) atoms. The SMILES string of the molecule is Clc1cc(CCCN2CCOCC2)cc2c1OCO2. The summed E-state index contributed by atoms with van der Waals surface area (Å²) < 4.78 is 16.0. The van der Waals surface area contributed by atoms with Crippen molar-refractivity contribution in [3.63, 3.8) is 0 Å². The molecule has 0 amide bonds. The molecule has 2 heterocycles. The number of halogens is 1. The maximum Gasteiger partial charge on any atom is 0.231 e. The number of benzene rings is 1. The van der Waals surface area contributed by atoms with E-state index in [2.05, 4.69) is 4.90 Å². The highest BCUT2D eigenvalue weighted by molar-refractivity contribution is 6.32. The number of morpholine rings is 1. The quantitative estimate of drug-likeness (QED) is 0.849. The van der Waals surface area contributed by atoms with Crippen LogP contribution in [0.2, 0.25) is 5.02 Å². The van der Waals surface area contributed by atoms with Crippen LogP contribution in [0.3, 0.4) is 0 Å². The third kappa shape index (κ3) is 3.14. The summed E-state index contributed by atoms with van der Waals surface area (Å²) in [6, 6.07) is 4.02. The fraction of sp³-hybridized carbons (Fsp3) is 0.571. The van der Waals surface area contributed by atoms with Crippen LogP contribution in [-0.2, 0) is 11.2 Å². The normalized spacial score (nSPS) is 18.8. The largest absolute Gasteiger partial charge is 0.454 e. The van der Waals surface area contributed by atoms with Gasteiger partial charge in [0.05, 0.1) is 18.2 Å². The van der Waals surface area contributed by atoms with E-state index in [9.17, 15) is 0 Å². The number of hydrogen-bond donors (Lipinski definition) is 0. The topological polar surface area (TPSA) is 30.9 Å². The van der Waals surface area contributed by atoms with E-state index in [1.165, 1.54) is 5.56 Å². The molecule has 1 saturated heterocycles. The molecule has 0 aromatic heterocycles. The van der Waals surface area contributed by atoms with Crippen LogP contribution in [0.4, 0.5) is 0 Å². The first-order valence-corrected chi connectivity index (χ1v) is 7.09. The van der Waals surface area contributed by atoms with E-state index in [1.54, 1.807) is 0 Å². The lowest BCUT2D eigenvalue weighted by atomic mass is 10.1. The highest BCUT2D eigenvalue weighted by atomic mass is 35.5. The summed E-state index contributed by atoms with van der Waals surface area (Å²) in [5.41, 5.74) is 1.21. The molecule has 0 radical (unpaired) electrons. The average molecular weight is 284 g/mol. The van der Waals surface area contributed by atoms with Gasteiger partial charge >= 0.3 is 0 Å². The van der Waals surface area contributed by atoms with Crippen molar-refractivity contribution in [3.05, 3.63) is 22.7 Å². The second kappa shape index (κ2) is 5.99. The summed E-state index contributed by atoms with van der Waals surface area (Å²) in [5.74, 6) is 1.45. The molecule has 1 aromatic carbocycles. The molecule has 0 atom stereocenters. The Hall–Kier alpha value is -0.970. The predicted molar refractivity (Wildman–Crippen MR) is 73.2 cm³/mol. The van der Waals surface area contributed by atoms with Crippen molar-refractivity contribution in [1.29, 1.82) is 0 Å². The molecular formula is C14H18ClNO3. The Morgan fingerprint density at radius 3 is 2.84 bits per heavy atom. The molecule has 0 saturated carbocycles. The second-order valence-corrected chi connectivity index (χ2v) is 5.28. The minimum atomic E-state index is 0.270. The van der Waals surface area contributed by atoms with E-state index >= 15 is 0 Å². The molecule has 5 heteroatoms. The zero-order valence-electron chi connectivity index (χ0n) is 10.9. The molecule has 4 nitrogen and oxygen atoms in total. The molecule has 0 unspecified atom stereocenters. The minimum absolute atomic E-state index is 0.270. The summed E-state index contributed by atoms with van der Waals surface area (Å²) in [5, 5.41) is 0.649. The number of hydrogen-bond acceptors (Lipinski definition) is 4. The molecule has 0 aliphatic carbocycles. The zero-order valence-corrected chi connectivity index (χ0v) is 11.6. The second-order valence-electron chi connectivity index (χ2n) is 4.87. The number of fused-ring (bicyclic) bond motifs is 1. The lowest BCUT2D eigenvalue weighted by Crippen LogP contribution is -2.36. The van der Waals surface area contributed by atoms with Crippen LogP contribution in [-0.4, -0.2) is 44.5 Å². The van der Waals surface area contributed by atoms with Crippen molar-refractivity contribution >= 4 is 11.6 Å². The highest BCUT2D eigenvalue weighted by Crippen LogP contribution is 2.39. The summed E-state index contributed by atoms with van der Waals surface area (Å²) in [4.78, 5) is 2.44.